The number of hydrogen-bond donors (Lipinski definition) is 1. The van der Waals surface area contributed by atoms with E-state index in [1.165, 1.54) is 12.0 Å². The number of hydrogen-bond acceptors (Lipinski definition) is 4. The Bertz CT molecular complexity index is 364. The Labute approximate surface area is 109 Å². The quantitative estimate of drug-likeness (QED) is 0.868. The van der Waals surface area contributed by atoms with E-state index in [4.69, 9.17) is 9.15 Å². The van der Waals surface area contributed by atoms with Crippen molar-refractivity contribution in [3.63, 3.8) is 0 Å². The van der Waals surface area contributed by atoms with Crippen molar-refractivity contribution in [2.75, 3.05) is 27.2 Å². The predicted octanol–water partition coefficient (Wildman–Crippen LogP) is 1.86. The van der Waals surface area contributed by atoms with Crippen LogP contribution in [-0.2, 0) is 17.8 Å². The molecule has 1 aromatic rings. The lowest BCUT2D eigenvalue weighted by Gasteiger charge is -2.35. The van der Waals surface area contributed by atoms with Crippen LogP contribution >= 0.6 is 0 Å². The molecule has 18 heavy (non-hydrogen) atoms. The van der Waals surface area contributed by atoms with Gasteiger partial charge in [0.2, 0.25) is 0 Å². The molecule has 0 aromatic carbocycles. The molecule has 2 heterocycles. The van der Waals surface area contributed by atoms with Crippen LogP contribution in [0.2, 0.25) is 0 Å². The van der Waals surface area contributed by atoms with E-state index in [0.717, 1.165) is 31.9 Å². The normalized spacial score (nSPS) is 25.5. The average molecular weight is 252 g/mol. The first-order valence-electron chi connectivity index (χ1n) is 6.69. The largest absolute Gasteiger partial charge is 0.468 e. The highest BCUT2D eigenvalue weighted by Crippen LogP contribution is 2.22. The monoisotopic (exact) mass is 252 g/mol. The lowest BCUT2D eigenvalue weighted by atomic mass is 9.95. The van der Waals surface area contributed by atoms with E-state index in [9.17, 15) is 0 Å². The molecule has 0 aliphatic carbocycles. The number of methoxy groups -OCH3 is 1. The molecule has 2 atom stereocenters. The minimum Gasteiger partial charge on any atom is -0.468 e. The van der Waals surface area contributed by atoms with E-state index in [0.29, 0.717) is 12.0 Å². The molecule has 1 saturated heterocycles. The smallest absolute Gasteiger partial charge is 0.122 e. The topological polar surface area (TPSA) is 37.6 Å². The summed E-state index contributed by atoms with van der Waals surface area (Å²) < 4.78 is 11.1. The van der Waals surface area contributed by atoms with E-state index < -0.39 is 0 Å². The molecule has 0 amide bonds. The molecule has 0 spiro atoms. The molecule has 1 aromatic heterocycles. The first-order chi connectivity index (χ1) is 8.74. The van der Waals surface area contributed by atoms with Gasteiger partial charge in [0.25, 0.3) is 0 Å². The fraction of sp³-hybridized carbons (Fsp3) is 0.714. The number of piperidine rings is 1. The lowest BCUT2D eigenvalue weighted by molar-refractivity contribution is -0.00926. The van der Waals surface area contributed by atoms with Crippen LogP contribution < -0.4 is 5.32 Å². The molecule has 4 nitrogen and oxygen atoms in total. The highest BCUT2D eigenvalue weighted by atomic mass is 16.5. The maximum absolute atomic E-state index is 5.59. The number of nitrogens with zero attached hydrogens (tertiary/aromatic N) is 1. The van der Waals surface area contributed by atoms with Crippen molar-refractivity contribution in [3.05, 3.63) is 23.7 Å². The van der Waals surface area contributed by atoms with Crippen molar-refractivity contribution in [1.82, 2.24) is 10.2 Å². The van der Waals surface area contributed by atoms with Crippen LogP contribution in [0.15, 0.2) is 16.7 Å². The Morgan fingerprint density at radius 1 is 1.56 bits per heavy atom. The van der Waals surface area contributed by atoms with E-state index >= 15 is 0 Å². The minimum absolute atomic E-state index is 0.349. The minimum atomic E-state index is 0.349. The Morgan fingerprint density at radius 3 is 3.11 bits per heavy atom. The summed E-state index contributed by atoms with van der Waals surface area (Å²) in [5.41, 5.74) is 1.25. The molecule has 0 radical (unpaired) electrons. The second kappa shape index (κ2) is 6.36. The standard InChI is InChI=1S/C14H24N2O2/c1-11-4-6-16(9-13(11)17-3)10-14-12(8-15-2)5-7-18-14/h5,7,11,13,15H,4,6,8-10H2,1-3H3. The van der Waals surface area contributed by atoms with E-state index in [1.54, 1.807) is 6.26 Å². The van der Waals surface area contributed by atoms with Gasteiger partial charge in [0.1, 0.15) is 5.76 Å². The number of nitrogens with one attached hydrogen (secondary N) is 1. The van der Waals surface area contributed by atoms with E-state index in [-0.39, 0.29) is 0 Å². The van der Waals surface area contributed by atoms with Crippen molar-refractivity contribution < 1.29 is 9.15 Å². The van der Waals surface area contributed by atoms with Gasteiger partial charge < -0.3 is 14.5 Å². The van der Waals surface area contributed by atoms with Crippen molar-refractivity contribution in [3.8, 4) is 0 Å². The van der Waals surface area contributed by atoms with Crippen LogP contribution in [0.25, 0.3) is 0 Å². The van der Waals surface area contributed by atoms with Gasteiger partial charge in [-0.1, -0.05) is 6.92 Å². The van der Waals surface area contributed by atoms with Crippen molar-refractivity contribution in [2.45, 2.75) is 32.5 Å². The van der Waals surface area contributed by atoms with Gasteiger partial charge in [0, 0.05) is 25.8 Å². The Balaban J connectivity index is 1.94. The van der Waals surface area contributed by atoms with Gasteiger partial charge in [-0.25, -0.2) is 0 Å². The average Bonchev–Trinajstić information content (AvgIpc) is 2.80. The zero-order chi connectivity index (χ0) is 13.0. The molecule has 4 heteroatoms. The van der Waals surface area contributed by atoms with Crippen molar-refractivity contribution in [1.29, 1.82) is 0 Å². The highest BCUT2D eigenvalue weighted by Gasteiger charge is 2.26. The summed E-state index contributed by atoms with van der Waals surface area (Å²) >= 11 is 0. The molecule has 0 saturated carbocycles. The summed E-state index contributed by atoms with van der Waals surface area (Å²) in [6, 6.07) is 2.05. The molecular weight excluding hydrogens is 228 g/mol. The summed E-state index contributed by atoms with van der Waals surface area (Å²) in [6.45, 7) is 6.14. The number of likely N-dealkylation sites (tertiary alicyclic amines) is 1. The van der Waals surface area contributed by atoms with Crippen LogP contribution in [0.5, 0.6) is 0 Å². The first-order valence-corrected chi connectivity index (χ1v) is 6.69. The Morgan fingerprint density at radius 2 is 2.39 bits per heavy atom. The third kappa shape index (κ3) is 3.13. The van der Waals surface area contributed by atoms with Gasteiger partial charge in [-0.15, -0.1) is 0 Å². The van der Waals surface area contributed by atoms with Gasteiger partial charge in [0.05, 0.1) is 18.9 Å². The molecule has 1 N–H and O–H groups in total. The molecule has 1 fully saturated rings. The summed E-state index contributed by atoms with van der Waals surface area (Å²) in [5, 5.41) is 3.17. The summed E-state index contributed by atoms with van der Waals surface area (Å²) in [7, 11) is 3.77. The highest BCUT2D eigenvalue weighted by molar-refractivity contribution is 5.16. The van der Waals surface area contributed by atoms with Crippen LogP contribution in [0.1, 0.15) is 24.7 Å². The first kappa shape index (κ1) is 13.6. The molecule has 102 valence electrons. The zero-order valence-electron chi connectivity index (χ0n) is 11.6. The second-order valence-corrected chi connectivity index (χ2v) is 5.17. The van der Waals surface area contributed by atoms with Crippen LogP contribution in [-0.4, -0.2) is 38.3 Å². The predicted molar refractivity (Wildman–Crippen MR) is 71.3 cm³/mol. The number of rotatable bonds is 5. The van der Waals surface area contributed by atoms with E-state index in [1.807, 2.05) is 20.2 Å². The van der Waals surface area contributed by atoms with Gasteiger partial charge >= 0.3 is 0 Å². The zero-order valence-corrected chi connectivity index (χ0v) is 11.6. The van der Waals surface area contributed by atoms with Crippen LogP contribution in [0.3, 0.4) is 0 Å². The SMILES string of the molecule is CNCc1ccoc1CN1CCC(C)C(OC)C1. The third-order valence-corrected chi connectivity index (χ3v) is 3.85. The Kier molecular flexibility index (Phi) is 4.80. The van der Waals surface area contributed by atoms with Gasteiger partial charge in [-0.2, -0.15) is 0 Å². The maximum atomic E-state index is 5.59. The fourth-order valence-electron chi connectivity index (χ4n) is 2.61. The maximum Gasteiger partial charge on any atom is 0.122 e. The van der Waals surface area contributed by atoms with Crippen molar-refractivity contribution >= 4 is 0 Å². The van der Waals surface area contributed by atoms with Crippen molar-refractivity contribution in [2.24, 2.45) is 5.92 Å². The summed E-state index contributed by atoms with van der Waals surface area (Å²) in [6.07, 6.45) is 3.32. The molecule has 0 bridgehead atoms. The van der Waals surface area contributed by atoms with E-state index in [2.05, 4.69) is 17.1 Å². The Hall–Kier alpha value is -0.840. The molecule has 1 aliphatic heterocycles. The van der Waals surface area contributed by atoms with Gasteiger partial charge in [-0.05, 0) is 32.0 Å². The second-order valence-electron chi connectivity index (χ2n) is 5.17. The number of furan rings is 1. The molecule has 2 unspecified atom stereocenters. The van der Waals surface area contributed by atoms with Gasteiger partial charge in [0.15, 0.2) is 0 Å². The van der Waals surface area contributed by atoms with Crippen LogP contribution in [0.4, 0.5) is 0 Å². The third-order valence-electron chi connectivity index (χ3n) is 3.85. The fourth-order valence-corrected chi connectivity index (χ4v) is 2.61. The van der Waals surface area contributed by atoms with Gasteiger partial charge in [-0.3, -0.25) is 4.90 Å². The molecule has 1 aliphatic rings. The summed E-state index contributed by atoms with van der Waals surface area (Å²) in [5.74, 6) is 1.73. The lowest BCUT2D eigenvalue weighted by Crippen LogP contribution is -2.43. The molecular formula is C14H24N2O2. The summed E-state index contributed by atoms with van der Waals surface area (Å²) in [4.78, 5) is 2.42. The van der Waals surface area contributed by atoms with Crippen LogP contribution in [0, 0.1) is 5.92 Å². The number of ether oxygens (including phenoxy) is 1. The molecule has 2 rings (SSSR count).